The molecule has 0 unspecified atom stereocenters. The lowest BCUT2D eigenvalue weighted by Crippen LogP contribution is -2.28. The fourth-order valence-electron chi connectivity index (χ4n) is 2.56. The number of nitrogens with one attached hydrogen (secondary N) is 1. The number of carbonyl (C=O) groups excluding carboxylic acids is 2. The third kappa shape index (κ3) is 3.20. The molecule has 2 heterocycles. The zero-order chi connectivity index (χ0) is 16.6. The van der Waals surface area contributed by atoms with Crippen LogP contribution in [-0.4, -0.2) is 28.6 Å². The van der Waals surface area contributed by atoms with E-state index in [-0.39, 0.29) is 18.2 Å². The van der Waals surface area contributed by atoms with Gasteiger partial charge in [-0.3, -0.25) is 9.59 Å². The second kappa shape index (κ2) is 6.25. The quantitative estimate of drug-likeness (QED) is 0.923. The average Bonchev–Trinajstić information content (AvgIpc) is 3.08. The van der Waals surface area contributed by atoms with Gasteiger partial charge in [0, 0.05) is 23.7 Å². The van der Waals surface area contributed by atoms with Gasteiger partial charge in [0.1, 0.15) is 5.01 Å². The molecule has 0 saturated carbocycles. The van der Waals surface area contributed by atoms with E-state index in [1.54, 1.807) is 17.0 Å². The van der Waals surface area contributed by atoms with Crippen LogP contribution < -0.4 is 10.2 Å². The second-order valence-corrected chi connectivity index (χ2v) is 6.99. The van der Waals surface area contributed by atoms with Gasteiger partial charge in [0.2, 0.25) is 16.9 Å². The Bertz CT molecular complexity index is 777. The van der Waals surface area contributed by atoms with Gasteiger partial charge in [0.15, 0.2) is 0 Å². The predicted molar refractivity (Wildman–Crippen MR) is 89.9 cm³/mol. The Balaban J connectivity index is 1.74. The first-order valence-electron chi connectivity index (χ1n) is 7.12. The topological polar surface area (TPSA) is 75.2 Å². The van der Waals surface area contributed by atoms with Gasteiger partial charge in [0.25, 0.3) is 0 Å². The van der Waals surface area contributed by atoms with Crippen molar-refractivity contribution in [3.05, 3.63) is 33.8 Å². The van der Waals surface area contributed by atoms with E-state index in [4.69, 9.17) is 11.6 Å². The van der Waals surface area contributed by atoms with Crippen molar-refractivity contribution in [2.45, 2.75) is 20.3 Å². The van der Waals surface area contributed by atoms with Gasteiger partial charge >= 0.3 is 0 Å². The number of carbonyl (C=O) groups is 2. The van der Waals surface area contributed by atoms with Crippen LogP contribution in [0.3, 0.4) is 0 Å². The summed E-state index contributed by atoms with van der Waals surface area (Å²) < 4.78 is 0. The summed E-state index contributed by atoms with van der Waals surface area (Å²) in [6.45, 7) is 4.02. The van der Waals surface area contributed by atoms with E-state index in [1.807, 2.05) is 19.9 Å². The van der Waals surface area contributed by atoms with Crippen LogP contribution in [0.1, 0.15) is 17.0 Å². The summed E-state index contributed by atoms with van der Waals surface area (Å²) in [4.78, 5) is 26.2. The fourth-order valence-corrected chi connectivity index (χ4v) is 3.32. The van der Waals surface area contributed by atoms with E-state index in [0.717, 1.165) is 16.3 Å². The highest BCUT2D eigenvalue weighted by Crippen LogP contribution is 2.31. The number of rotatable bonds is 3. The van der Waals surface area contributed by atoms with E-state index in [0.29, 0.717) is 16.7 Å². The summed E-state index contributed by atoms with van der Waals surface area (Å²) in [6.07, 6.45) is 0.176. The molecule has 1 fully saturated rings. The maximum Gasteiger partial charge on any atom is 0.231 e. The predicted octanol–water partition coefficient (Wildman–Crippen LogP) is 2.80. The van der Waals surface area contributed by atoms with E-state index < -0.39 is 5.92 Å². The highest BCUT2D eigenvalue weighted by Gasteiger charge is 2.36. The molecule has 1 N–H and O–H groups in total. The van der Waals surface area contributed by atoms with Gasteiger partial charge in [-0.15, -0.1) is 10.2 Å². The molecule has 0 aliphatic carbocycles. The largest absolute Gasteiger partial charge is 0.311 e. The van der Waals surface area contributed by atoms with Gasteiger partial charge in [-0.25, -0.2) is 0 Å². The van der Waals surface area contributed by atoms with Crippen LogP contribution in [0.4, 0.5) is 10.8 Å². The molecule has 1 aliphatic heterocycles. The summed E-state index contributed by atoms with van der Waals surface area (Å²) in [5.74, 6) is -0.703. The van der Waals surface area contributed by atoms with Crippen LogP contribution in [0.2, 0.25) is 5.02 Å². The van der Waals surface area contributed by atoms with E-state index in [2.05, 4.69) is 15.5 Å². The van der Waals surface area contributed by atoms with Gasteiger partial charge in [-0.05, 0) is 31.5 Å². The Labute approximate surface area is 142 Å². The van der Waals surface area contributed by atoms with Gasteiger partial charge in [-0.1, -0.05) is 29.0 Å². The number of anilines is 2. The van der Waals surface area contributed by atoms with Gasteiger partial charge in [0.05, 0.1) is 5.92 Å². The first-order valence-corrected chi connectivity index (χ1v) is 8.31. The molecule has 0 bridgehead atoms. The Morgan fingerprint density at radius 2 is 2.17 bits per heavy atom. The molecule has 0 spiro atoms. The number of aryl methyl sites for hydroxylation is 1. The van der Waals surface area contributed by atoms with Crippen molar-refractivity contribution in [1.82, 2.24) is 10.2 Å². The van der Waals surface area contributed by atoms with Crippen molar-refractivity contribution >= 4 is 45.6 Å². The first-order chi connectivity index (χ1) is 11.0. The van der Waals surface area contributed by atoms with Gasteiger partial charge < -0.3 is 10.2 Å². The Morgan fingerprint density at radius 3 is 2.87 bits per heavy atom. The number of hydrogen-bond donors (Lipinski definition) is 1. The number of nitrogens with zero attached hydrogens (tertiary/aromatic N) is 3. The van der Waals surface area contributed by atoms with Crippen molar-refractivity contribution in [3.8, 4) is 0 Å². The monoisotopic (exact) mass is 350 g/mol. The van der Waals surface area contributed by atoms with Crippen LogP contribution >= 0.6 is 22.9 Å². The standard InChI is InChI=1S/C15H15ClN4O2S/c1-8-11(16)4-3-5-12(8)20-7-10(6-13(20)21)14(22)17-15-19-18-9(2)23-15/h3-5,10H,6-7H2,1-2H3,(H,17,19,22)/t10-/m1/s1. The third-order valence-corrected chi connectivity index (χ3v) is 4.95. The maximum absolute atomic E-state index is 12.3. The molecular weight excluding hydrogens is 336 g/mol. The van der Waals surface area contributed by atoms with E-state index in [1.165, 1.54) is 11.3 Å². The molecule has 120 valence electrons. The SMILES string of the molecule is Cc1nnc(NC(=O)[C@@H]2CC(=O)N(c3cccc(Cl)c3C)C2)s1. The first kappa shape index (κ1) is 15.9. The van der Waals surface area contributed by atoms with E-state index >= 15 is 0 Å². The summed E-state index contributed by atoms with van der Waals surface area (Å²) in [6, 6.07) is 5.42. The fraction of sp³-hybridized carbons (Fsp3) is 0.333. The zero-order valence-electron chi connectivity index (χ0n) is 12.7. The van der Waals surface area contributed by atoms with Crippen molar-refractivity contribution in [3.63, 3.8) is 0 Å². The molecule has 23 heavy (non-hydrogen) atoms. The maximum atomic E-state index is 12.3. The summed E-state index contributed by atoms with van der Waals surface area (Å²) in [7, 11) is 0. The zero-order valence-corrected chi connectivity index (χ0v) is 14.2. The molecular formula is C15H15ClN4O2S. The summed E-state index contributed by atoms with van der Waals surface area (Å²) >= 11 is 7.42. The smallest absolute Gasteiger partial charge is 0.231 e. The Morgan fingerprint density at radius 1 is 1.39 bits per heavy atom. The molecule has 3 rings (SSSR count). The molecule has 1 aromatic carbocycles. The molecule has 1 saturated heterocycles. The van der Waals surface area contributed by atoms with Crippen LogP contribution in [-0.2, 0) is 9.59 Å². The number of halogens is 1. The number of hydrogen-bond acceptors (Lipinski definition) is 5. The third-order valence-electron chi connectivity index (χ3n) is 3.78. The normalized spacial score (nSPS) is 17.6. The number of benzene rings is 1. The minimum absolute atomic E-state index is 0.0797. The van der Waals surface area contributed by atoms with Crippen molar-refractivity contribution in [2.24, 2.45) is 5.92 Å². The van der Waals surface area contributed by atoms with Crippen molar-refractivity contribution in [2.75, 3.05) is 16.8 Å². The highest BCUT2D eigenvalue weighted by molar-refractivity contribution is 7.15. The molecule has 1 aliphatic rings. The summed E-state index contributed by atoms with van der Waals surface area (Å²) in [5, 5.41) is 12.3. The van der Waals surface area contributed by atoms with Crippen molar-refractivity contribution in [1.29, 1.82) is 0 Å². The summed E-state index contributed by atoms with van der Waals surface area (Å²) in [5.41, 5.74) is 1.59. The minimum Gasteiger partial charge on any atom is -0.311 e. The van der Waals surface area contributed by atoms with Crippen LogP contribution in [0, 0.1) is 19.8 Å². The Hall–Kier alpha value is -1.99. The molecule has 1 atom stereocenters. The lowest BCUT2D eigenvalue weighted by Gasteiger charge is -2.19. The minimum atomic E-state index is -0.412. The van der Waals surface area contributed by atoms with E-state index in [9.17, 15) is 9.59 Å². The second-order valence-electron chi connectivity index (χ2n) is 5.40. The van der Waals surface area contributed by atoms with Crippen molar-refractivity contribution < 1.29 is 9.59 Å². The molecule has 1 aromatic heterocycles. The van der Waals surface area contributed by atoms with Crippen LogP contribution in [0.5, 0.6) is 0 Å². The molecule has 2 aromatic rings. The lowest BCUT2D eigenvalue weighted by atomic mass is 10.1. The molecule has 2 amide bonds. The van der Waals surface area contributed by atoms with Crippen LogP contribution in [0.15, 0.2) is 18.2 Å². The number of aromatic nitrogens is 2. The average molecular weight is 351 g/mol. The lowest BCUT2D eigenvalue weighted by molar-refractivity contribution is -0.122. The highest BCUT2D eigenvalue weighted by atomic mass is 35.5. The number of amides is 2. The molecule has 8 heteroatoms. The van der Waals surface area contributed by atoms with Crippen LogP contribution in [0.25, 0.3) is 0 Å². The molecule has 6 nitrogen and oxygen atoms in total. The Kier molecular flexibility index (Phi) is 4.32. The molecule has 0 radical (unpaired) electrons. The van der Waals surface area contributed by atoms with Gasteiger partial charge in [-0.2, -0.15) is 0 Å².